The summed E-state index contributed by atoms with van der Waals surface area (Å²) < 4.78 is 11.0. The second-order valence-electron chi connectivity index (χ2n) is 4.27. The third-order valence-corrected chi connectivity index (χ3v) is 2.84. The minimum absolute atomic E-state index is 0.647. The van der Waals surface area contributed by atoms with E-state index in [4.69, 9.17) is 9.47 Å². The summed E-state index contributed by atoms with van der Waals surface area (Å²) in [5.41, 5.74) is 1.14. The molecule has 0 bridgehead atoms. The van der Waals surface area contributed by atoms with Crippen molar-refractivity contribution in [1.82, 2.24) is 10.6 Å². The fraction of sp³-hybridized carbons (Fsp3) is 0.600. The molecule has 0 heterocycles. The van der Waals surface area contributed by atoms with Crippen molar-refractivity contribution in [3.05, 3.63) is 23.8 Å². The number of ether oxygens (including phenoxy) is 2. The highest BCUT2D eigenvalue weighted by Crippen LogP contribution is 2.30. The Balaban J connectivity index is 2.47. The maximum Gasteiger partial charge on any atom is 0.165 e. The van der Waals surface area contributed by atoms with Gasteiger partial charge in [0.1, 0.15) is 0 Å². The minimum Gasteiger partial charge on any atom is -0.493 e. The van der Waals surface area contributed by atoms with Crippen LogP contribution < -0.4 is 20.1 Å². The molecule has 0 aromatic heterocycles. The van der Waals surface area contributed by atoms with Crippen molar-refractivity contribution in [3.8, 4) is 11.5 Å². The zero-order chi connectivity index (χ0) is 13.9. The summed E-state index contributed by atoms with van der Waals surface area (Å²) in [6, 6.07) is 6.00. The number of hydrogen-bond acceptors (Lipinski definition) is 4. The summed E-state index contributed by atoms with van der Waals surface area (Å²) >= 11 is 0. The van der Waals surface area contributed by atoms with Crippen LogP contribution in [-0.4, -0.2) is 33.4 Å². The molecule has 1 aromatic carbocycles. The van der Waals surface area contributed by atoms with Crippen molar-refractivity contribution in [1.29, 1.82) is 0 Å². The Bertz CT molecular complexity index is 356. The number of hydrogen-bond donors (Lipinski definition) is 2. The van der Waals surface area contributed by atoms with Gasteiger partial charge < -0.3 is 20.1 Å². The van der Waals surface area contributed by atoms with Gasteiger partial charge in [-0.3, -0.25) is 0 Å². The Kier molecular flexibility index (Phi) is 8.02. The Morgan fingerprint density at radius 2 is 1.89 bits per heavy atom. The molecule has 1 rings (SSSR count). The van der Waals surface area contributed by atoms with Gasteiger partial charge in [-0.15, -0.1) is 0 Å². The van der Waals surface area contributed by atoms with E-state index in [1.54, 1.807) is 7.11 Å². The maximum atomic E-state index is 5.68. The largest absolute Gasteiger partial charge is 0.493 e. The fourth-order valence-corrected chi connectivity index (χ4v) is 1.91. The highest BCUT2D eigenvalue weighted by molar-refractivity contribution is 5.46. The molecule has 19 heavy (non-hydrogen) atoms. The minimum atomic E-state index is 0.647. The summed E-state index contributed by atoms with van der Waals surface area (Å²) in [6.07, 6.45) is 1.13. The van der Waals surface area contributed by atoms with Crippen LogP contribution >= 0.6 is 0 Å². The average molecular weight is 266 g/mol. The SMILES string of the molecule is CCNCCCNCc1cccc(OC)c1OCC. The first-order valence-corrected chi connectivity index (χ1v) is 7.03. The van der Waals surface area contributed by atoms with Crippen molar-refractivity contribution < 1.29 is 9.47 Å². The fourth-order valence-electron chi connectivity index (χ4n) is 1.91. The van der Waals surface area contributed by atoms with Crippen LogP contribution in [0.15, 0.2) is 18.2 Å². The zero-order valence-electron chi connectivity index (χ0n) is 12.3. The first-order valence-electron chi connectivity index (χ1n) is 7.03. The van der Waals surface area contributed by atoms with Crippen LogP contribution in [-0.2, 0) is 6.54 Å². The van der Waals surface area contributed by atoms with E-state index in [0.29, 0.717) is 6.61 Å². The van der Waals surface area contributed by atoms with E-state index in [9.17, 15) is 0 Å². The van der Waals surface area contributed by atoms with E-state index in [1.807, 2.05) is 19.1 Å². The molecule has 0 aliphatic carbocycles. The number of benzene rings is 1. The van der Waals surface area contributed by atoms with Gasteiger partial charge in [-0.2, -0.15) is 0 Å². The summed E-state index contributed by atoms with van der Waals surface area (Å²) in [7, 11) is 1.67. The Morgan fingerprint density at radius 3 is 2.58 bits per heavy atom. The number of rotatable bonds is 10. The second kappa shape index (κ2) is 9.64. The van der Waals surface area contributed by atoms with Crippen molar-refractivity contribution in [3.63, 3.8) is 0 Å². The maximum absolute atomic E-state index is 5.68. The van der Waals surface area contributed by atoms with Gasteiger partial charge in [-0.1, -0.05) is 19.1 Å². The van der Waals surface area contributed by atoms with E-state index < -0.39 is 0 Å². The summed E-state index contributed by atoms with van der Waals surface area (Å²) in [5.74, 6) is 1.65. The first kappa shape index (κ1) is 15.8. The van der Waals surface area contributed by atoms with Crippen molar-refractivity contribution in [2.24, 2.45) is 0 Å². The smallest absolute Gasteiger partial charge is 0.165 e. The summed E-state index contributed by atoms with van der Waals surface area (Å²) in [6.45, 7) is 8.64. The number of nitrogens with one attached hydrogen (secondary N) is 2. The van der Waals surface area contributed by atoms with E-state index >= 15 is 0 Å². The Hall–Kier alpha value is -1.26. The van der Waals surface area contributed by atoms with E-state index in [0.717, 1.165) is 49.7 Å². The van der Waals surface area contributed by atoms with Crippen LogP contribution in [0.1, 0.15) is 25.8 Å². The molecule has 0 aliphatic heterocycles. The topological polar surface area (TPSA) is 42.5 Å². The van der Waals surface area contributed by atoms with Crippen LogP contribution in [0.4, 0.5) is 0 Å². The molecule has 0 atom stereocenters. The number of methoxy groups -OCH3 is 1. The van der Waals surface area contributed by atoms with Crippen LogP contribution in [0, 0.1) is 0 Å². The molecule has 4 heteroatoms. The standard InChI is InChI=1S/C15H26N2O2/c1-4-16-10-7-11-17-12-13-8-6-9-14(18-3)15(13)19-5-2/h6,8-9,16-17H,4-5,7,10-12H2,1-3H3. The molecule has 0 fully saturated rings. The molecule has 0 saturated heterocycles. The van der Waals surface area contributed by atoms with E-state index in [1.165, 1.54) is 0 Å². The molecule has 0 aliphatic rings. The monoisotopic (exact) mass is 266 g/mol. The van der Waals surface area contributed by atoms with Gasteiger partial charge in [-0.25, -0.2) is 0 Å². The molecule has 0 amide bonds. The van der Waals surface area contributed by atoms with E-state index in [-0.39, 0.29) is 0 Å². The van der Waals surface area contributed by atoms with Gasteiger partial charge in [0.2, 0.25) is 0 Å². The summed E-state index contributed by atoms with van der Waals surface area (Å²) in [5, 5.41) is 6.75. The molecule has 0 unspecified atom stereocenters. The molecule has 4 nitrogen and oxygen atoms in total. The van der Waals surface area contributed by atoms with Gasteiger partial charge in [-0.05, 0) is 39.0 Å². The predicted octanol–water partition coefficient (Wildman–Crippen LogP) is 2.18. The average Bonchev–Trinajstić information content (AvgIpc) is 2.44. The van der Waals surface area contributed by atoms with Gasteiger partial charge in [0.05, 0.1) is 13.7 Å². The lowest BCUT2D eigenvalue weighted by Crippen LogP contribution is -2.21. The number of para-hydroxylation sites is 1. The second-order valence-corrected chi connectivity index (χ2v) is 4.27. The van der Waals surface area contributed by atoms with Gasteiger partial charge in [0.15, 0.2) is 11.5 Å². The van der Waals surface area contributed by atoms with Crippen LogP contribution in [0.2, 0.25) is 0 Å². The highest BCUT2D eigenvalue weighted by atomic mass is 16.5. The lowest BCUT2D eigenvalue weighted by molar-refractivity contribution is 0.306. The van der Waals surface area contributed by atoms with E-state index in [2.05, 4.69) is 23.6 Å². The van der Waals surface area contributed by atoms with Crippen molar-refractivity contribution in [2.75, 3.05) is 33.4 Å². The zero-order valence-corrected chi connectivity index (χ0v) is 12.3. The highest BCUT2D eigenvalue weighted by Gasteiger charge is 2.09. The molecule has 0 saturated carbocycles. The van der Waals surface area contributed by atoms with Gasteiger partial charge >= 0.3 is 0 Å². The molecule has 2 N–H and O–H groups in total. The first-order chi connectivity index (χ1) is 9.33. The van der Waals surface area contributed by atoms with Crippen LogP contribution in [0.5, 0.6) is 11.5 Å². The normalized spacial score (nSPS) is 10.5. The Labute approximate surface area is 116 Å². The molecule has 0 spiro atoms. The quantitative estimate of drug-likeness (QED) is 0.637. The lowest BCUT2D eigenvalue weighted by atomic mass is 10.2. The lowest BCUT2D eigenvalue weighted by Gasteiger charge is -2.14. The molecule has 108 valence electrons. The molecule has 0 radical (unpaired) electrons. The van der Waals surface area contributed by atoms with Crippen LogP contribution in [0.3, 0.4) is 0 Å². The van der Waals surface area contributed by atoms with Crippen molar-refractivity contribution in [2.45, 2.75) is 26.8 Å². The third-order valence-electron chi connectivity index (χ3n) is 2.84. The third kappa shape index (κ3) is 5.49. The summed E-state index contributed by atoms with van der Waals surface area (Å²) in [4.78, 5) is 0. The molecular weight excluding hydrogens is 240 g/mol. The Morgan fingerprint density at radius 1 is 1.11 bits per heavy atom. The predicted molar refractivity (Wildman–Crippen MR) is 79.0 cm³/mol. The van der Waals surface area contributed by atoms with Gasteiger partial charge in [0, 0.05) is 12.1 Å². The molecule has 1 aromatic rings. The molecular formula is C15H26N2O2. The van der Waals surface area contributed by atoms with Gasteiger partial charge in [0.25, 0.3) is 0 Å². The van der Waals surface area contributed by atoms with Crippen molar-refractivity contribution >= 4 is 0 Å². The van der Waals surface area contributed by atoms with Crippen LogP contribution in [0.25, 0.3) is 0 Å².